The lowest BCUT2D eigenvalue weighted by Gasteiger charge is -2.35. The molecule has 1 aromatic rings. The van der Waals surface area contributed by atoms with Crippen LogP contribution in [0.3, 0.4) is 0 Å². The van der Waals surface area contributed by atoms with Gasteiger partial charge < -0.3 is 18.6 Å². The maximum absolute atomic E-state index is 10.3. The SMILES string of the molecule is CC(C)N(C(C)C)P(OCCOCCC=O)OCc1ccccc1. The van der Waals surface area contributed by atoms with Crippen LogP contribution in [0.25, 0.3) is 0 Å². The predicted octanol–water partition coefficient (Wildman–Crippen LogP) is 4.17. The van der Waals surface area contributed by atoms with Gasteiger partial charge in [0.1, 0.15) is 6.29 Å². The van der Waals surface area contributed by atoms with E-state index in [1.54, 1.807) is 0 Å². The van der Waals surface area contributed by atoms with E-state index < -0.39 is 8.53 Å². The molecule has 0 aromatic heterocycles. The molecule has 0 radical (unpaired) electrons. The largest absolute Gasteiger partial charge is 0.379 e. The molecule has 0 fully saturated rings. The third-order valence-electron chi connectivity index (χ3n) is 3.24. The van der Waals surface area contributed by atoms with Gasteiger partial charge in [-0.15, -0.1) is 0 Å². The van der Waals surface area contributed by atoms with Crippen molar-refractivity contribution < 1.29 is 18.6 Å². The monoisotopic (exact) mass is 355 g/mol. The van der Waals surface area contributed by atoms with Crippen molar-refractivity contribution in [3.05, 3.63) is 35.9 Å². The van der Waals surface area contributed by atoms with Gasteiger partial charge >= 0.3 is 0 Å². The van der Waals surface area contributed by atoms with Crippen molar-refractivity contribution >= 4 is 14.8 Å². The Hall–Kier alpha value is -0.840. The molecule has 1 atom stereocenters. The van der Waals surface area contributed by atoms with Gasteiger partial charge in [0, 0.05) is 18.5 Å². The highest BCUT2D eigenvalue weighted by atomic mass is 31.2. The van der Waals surface area contributed by atoms with Crippen molar-refractivity contribution in [2.24, 2.45) is 0 Å². The number of hydrogen-bond acceptors (Lipinski definition) is 5. The van der Waals surface area contributed by atoms with Gasteiger partial charge in [0.05, 0.1) is 26.4 Å². The Bertz CT molecular complexity index is 434. The molecule has 1 aromatic carbocycles. The summed E-state index contributed by atoms with van der Waals surface area (Å²) in [4.78, 5) is 10.3. The lowest BCUT2D eigenvalue weighted by Crippen LogP contribution is -2.33. The molecule has 6 heteroatoms. The number of rotatable bonds is 13. The summed E-state index contributed by atoms with van der Waals surface area (Å²) in [5.41, 5.74) is 1.13. The first-order valence-electron chi connectivity index (χ1n) is 8.45. The Morgan fingerprint density at radius 1 is 1.00 bits per heavy atom. The van der Waals surface area contributed by atoms with Crippen LogP contribution < -0.4 is 0 Å². The highest BCUT2D eigenvalue weighted by molar-refractivity contribution is 7.44. The van der Waals surface area contributed by atoms with Gasteiger partial charge in [0.15, 0.2) is 0 Å². The Kier molecular flexibility index (Phi) is 11.1. The highest BCUT2D eigenvalue weighted by Gasteiger charge is 2.27. The van der Waals surface area contributed by atoms with Crippen LogP contribution in [0.15, 0.2) is 30.3 Å². The van der Waals surface area contributed by atoms with E-state index in [4.69, 9.17) is 13.8 Å². The molecule has 0 saturated heterocycles. The quantitative estimate of drug-likeness (QED) is 0.302. The molecular weight excluding hydrogens is 325 g/mol. The van der Waals surface area contributed by atoms with E-state index in [0.717, 1.165) is 11.8 Å². The second kappa shape index (κ2) is 12.5. The van der Waals surface area contributed by atoms with E-state index in [1.807, 2.05) is 30.3 Å². The van der Waals surface area contributed by atoms with Crippen LogP contribution in [0, 0.1) is 0 Å². The van der Waals surface area contributed by atoms with Gasteiger partial charge in [-0.05, 0) is 33.3 Å². The van der Waals surface area contributed by atoms with Crippen molar-refractivity contribution in [3.63, 3.8) is 0 Å². The van der Waals surface area contributed by atoms with Gasteiger partial charge in [0.2, 0.25) is 0 Å². The number of carbonyl (C=O) groups is 1. The summed E-state index contributed by atoms with van der Waals surface area (Å²) < 4.78 is 19.7. The number of nitrogens with zero attached hydrogens (tertiary/aromatic N) is 1. The normalized spacial score (nSPS) is 13.0. The van der Waals surface area contributed by atoms with E-state index in [1.165, 1.54) is 0 Å². The third-order valence-corrected chi connectivity index (χ3v) is 5.29. The Morgan fingerprint density at radius 2 is 1.67 bits per heavy atom. The molecular formula is C18H30NO4P. The summed E-state index contributed by atoms with van der Waals surface area (Å²) in [6.45, 7) is 10.5. The van der Waals surface area contributed by atoms with Crippen molar-refractivity contribution in [2.45, 2.75) is 52.8 Å². The third kappa shape index (κ3) is 8.32. The predicted molar refractivity (Wildman–Crippen MR) is 97.7 cm³/mol. The van der Waals surface area contributed by atoms with Crippen LogP contribution in [-0.2, 0) is 25.2 Å². The van der Waals surface area contributed by atoms with Crippen LogP contribution in [0.1, 0.15) is 39.7 Å². The van der Waals surface area contributed by atoms with Crippen molar-refractivity contribution in [3.8, 4) is 0 Å². The molecule has 0 saturated carbocycles. The maximum Gasteiger partial charge on any atom is 0.259 e. The lowest BCUT2D eigenvalue weighted by molar-refractivity contribution is -0.108. The minimum atomic E-state index is -1.17. The zero-order valence-electron chi connectivity index (χ0n) is 15.2. The summed E-state index contributed by atoms with van der Waals surface area (Å²) in [5.74, 6) is 0. The average molecular weight is 355 g/mol. The average Bonchev–Trinajstić information content (AvgIpc) is 2.55. The summed E-state index contributed by atoms with van der Waals surface area (Å²) in [6.07, 6.45) is 1.28. The Labute approximate surface area is 147 Å². The van der Waals surface area contributed by atoms with Crippen molar-refractivity contribution in [2.75, 3.05) is 19.8 Å². The molecule has 0 amide bonds. The molecule has 136 valence electrons. The Balaban J connectivity index is 2.56. The first-order valence-corrected chi connectivity index (χ1v) is 9.58. The minimum Gasteiger partial charge on any atom is -0.379 e. The second-order valence-corrected chi connectivity index (χ2v) is 7.42. The zero-order valence-corrected chi connectivity index (χ0v) is 16.1. The maximum atomic E-state index is 10.3. The molecule has 0 heterocycles. The topological polar surface area (TPSA) is 48.0 Å². The van der Waals surface area contributed by atoms with E-state index in [0.29, 0.717) is 44.9 Å². The van der Waals surface area contributed by atoms with Crippen LogP contribution in [0.2, 0.25) is 0 Å². The van der Waals surface area contributed by atoms with Crippen LogP contribution in [0.5, 0.6) is 0 Å². The fraction of sp³-hybridized carbons (Fsp3) is 0.611. The van der Waals surface area contributed by atoms with Crippen LogP contribution >= 0.6 is 8.53 Å². The minimum absolute atomic E-state index is 0.322. The zero-order chi connectivity index (χ0) is 17.8. The van der Waals surface area contributed by atoms with E-state index in [-0.39, 0.29) is 0 Å². The molecule has 0 bridgehead atoms. The van der Waals surface area contributed by atoms with Crippen molar-refractivity contribution in [1.29, 1.82) is 0 Å². The smallest absolute Gasteiger partial charge is 0.259 e. The van der Waals surface area contributed by atoms with Gasteiger partial charge in [-0.25, -0.2) is 4.67 Å². The molecule has 1 unspecified atom stereocenters. The van der Waals surface area contributed by atoms with Crippen LogP contribution in [0.4, 0.5) is 0 Å². The molecule has 24 heavy (non-hydrogen) atoms. The molecule has 0 aliphatic heterocycles. The van der Waals surface area contributed by atoms with Gasteiger partial charge in [-0.1, -0.05) is 30.3 Å². The number of aldehydes is 1. The second-order valence-electron chi connectivity index (χ2n) is 5.97. The number of benzene rings is 1. The molecule has 0 spiro atoms. The van der Waals surface area contributed by atoms with Crippen LogP contribution in [-0.4, -0.2) is 42.9 Å². The van der Waals surface area contributed by atoms with E-state index >= 15 is 0 Å². The molecule has 5 nitrogen and oxygen atoms in total. The lowest BCUT2D eigenvalue weighted by atomic mass is 10.2. The van der Waals surface area contributed by atoms with Gasteiger partial charge in [-0.2, -0.15) is 0 Å². The number of hydrogen-bond donors (Lipinski definition) is 0. The standard InChI is InChI=1S/C18H30NO4P/c1-16(2)19(17(3)4)24(22-14-13-21-12-8-11-20)23-15-18-9-6-5-7-10-18/h5-7,9-11,16-17H,8,12-15H2,1-4H3. The summed E-state index contributed by atoms with van der Waals surface area (Å²) in [6, 6.07) is 10.7. The molecule has 0 aliphatic carbocycles. The van der Waals surface area contributed by atoms with Gasteiger partial charge in [0.25, 0.3) is 8.53 Å². The summed E-state index contributed by atoms with van der Waals surface area (Å²) >= 11 is 0. The fourth-order valence-corrected chi connectivity index (χ4v) is 3.84. The first-order chi connectivity index (χ1) is 11.6. The number of carbonyl (C=O) groups excluding carboxylic acids is 1. The summed E-state index contributed by atoms with van der Waals surface area (Å²) in [7, 11) is -1.17. The molecule has 0 aliphatic rings. The summed E-state index contributed by atoms with van der Waals surface area (Å²) in [5, 5.41) is 0. The highest BCUT2D eigenvalue weighted by Crippen LogP contribution is 2.46. The van der Waals surface area contributed by atoms with E-state index in [9.17, 15) is 4.79 Å². The van der Waals surface area contributed by atoms with Crippen molar-refractivity contribution in [1.82, 2.24) is 4.67 Å². The first kappa shape index (κ1) is 21.2. The fourth-order valence-electron chi connectivity index (χ4n) is 2.26. The Morgan fingerprint density at radius 3 is 2.25 bits per heavy atom. The molecule has 0 N–H and O–H groups in total. The molecule has 1 rings (SSSR count). The number of ether oxygens (including phenoxy) is 1. The van der Waals surface area contributed by atoms with Gasteiger partial charge in [-0.3, -0.25) is 0 Å². The van der Waals surface area contributed by atoms with E-state index in [2.05, 4.69) is 32.4 Å².